The number of carbonyl (C=O) groups is 1. The highest BCUT2D eigenvalue weighted by molar-refractivity contribution is 7.09. The van der Waals surface area contributed by atoms with Gasteiger partial charge in [0.05, 0.1) is 12.0 Å². The predicted molar refractivity (Wildman–Crippen MR) is 98.9 cm³/mol. The number of aryl methyl sites for hydroxylation is 1. The number of carbonyl (C=O) groups excluding carboxylic acids is 1. The number of aromatic amines is 1. The largest absolute Gasteiger partial charge is 0.381 e. The van der Waals surface area contributed by atoms with Crippen molar-refractivity contribution in [3.05, 3.63) is 34.0 Å². The van der Waals surface area contributed by atoms with Crippen molar-refractivity contribution in [1.82, 2.24) is 25.4 Å². The summed E-state index contributed by atoms with van der Waals surface area (Å²) in [5.74, 6) is 1.93. The van der Waals surface area contributed by atoms with Crippen molar-refractivity contribution in [3.8, 4) is 0 Å². The Morgan fingerprint density at radius 3 is 2.96 bits per heavy atom. The lowest BCUT2D eigenvalue weighted by atomic mass is 9.97. The molecule has 1 amide bonds. The number of likely N-dealkylation sites (tertiary alicyclic amines) is 1. The molecular formula is C18H25N5O2S. The van der Waals surface area contributed by atoms with Gasteiger partial charge in [-0.2, -0.15) is 5.10 Å². The molecule has 0 bridgehead atoms. The highest BCUT2D eigenvalue weighted by Gasteiger charge is 2.38. The molecule has 2 saturated heterocycles. The topological polar surface area (TPSA) is 83.1 Å². The number of thiophene rings is 1. The lowest BCUT2D eigenvalue weighted by Crippen LogP contribution is -2.44. The van der Waals surface area contributed by atoms with E-state index in [1.54, 1.807) is 11.3 Å². The van der Waals surface area contributed by atoms with Gasteiger partial charge in [-0.1, -0.05) is 6.07 Å². The summed E-state index contributed by atoms with van der Waals surface area (Å²) in [6.45, 7) is 5.85. The first kappa shape index (κ1) is 17.6. The molecule has 0 saturated carbocycles. The summed E-state index contributed by atoms with van der Waals surface area (Å²) in [4.78, 5) is 21.0. The zero-order valence-corrected chi connectivity index (χ0v) is 15.8. The quantitative estimate of drug-likeness (QED) is 0.831. The third-order valence-corrected chi connectivity index (χ3v) is 6.08. The summed E-state index contributed by atoms with van der Waals surface area (Å²) in [5, 5.41) is 12.7. The number of amides is 1. The Kier molecular flexibility index (Phi) is 5.33. The van der Waals surface area contributed by atoms with Crippen LogP contribution in [0.2, 0.25) is 0 Å². The molecule has 2 aromatic rings. The molecule has 8 heteroatoms. The van der Waals surface area contributed by atoms with Crippen LogP contribution in [-0.4, -0.2) is 58.3 Å². The summed E-state index contributed by atoms with van der Waals surface area (Å²) in [7, 11) is 0. The second-order valence-electron chi connectivity index (χ2n) is 7.16. The van der Waals surface area contributed by atoms with Gasteiger partial charge in [0.2, 0.25) is 5.91 Å². The van der Waals surface area contributed by atoms with E-state index in [9.17, 15) is 4.79 Å². The van der Waals surface area contributed by atoms with Crippen LogP contribution in [-0.2, 0) is 16.1 Å². The van der Waals surface area contributed by atoms with Crippen molar-refractivity contribution in [2.75, 3.05) is 26.3 Å². The Morgan fingerprint density at radius 2 is 2.27 bits per heavy atom. The van der Waals surface area contributed by atoms with E-state index in [-0.39, 0.29) is 23.8 Å². The van der Waals surface area contributed by atoms with E-state index in [1.165, 1.54) is 4.88 Å². The standard InChI is InChI=1S/C18H25N5O2S/c1-12-19-17(22-21-12)15-10-23(9-14-3-2-8-26-14)11-16(15)20-18(24)13-4-6-25-7-5-13/h2-3,8,13,15-16H,4-7,9-11H2,1H3,(H,20,24)(H,19,21,22)/t15-,16-/m1/s1. The maximum absolute atomic E-state index is 12.7. The zero-order valence-electron chi connectivity index (χ0n) is 15.0. The van der Waals surface area contributed by atoms with E-state index in [0.717, 1.165) is 44.1 Å². The molecule has 0 spiro atoms. The molecule has 140 valence electrons. The Bertz CT molecular complexity index is 726. The van der Waals surface area contributed by atoms with Crippen LogP contribution in [0, 0.1) is 12.8 Å². The fourth-order valence-corrected chi connectivity index (χ4v) is 4.58. The lowest BCUT2D eigenvalue weighted by Gasteiger charge is -2.25. The summed E-state index contributed by atoms with van der Waals surface area (Å²) >= 11 is 1.77. The van der Waals surface area contributed by atoms with E-state index in [1.807, 2.05) is 6.92 Å². The van der Waals surface area contributed by atoms with Gasteiger partial charge in [-0.15, -0.1) is 11.3 Å². The van der Waals surface area contributed by atoms with Crippen molar-refractivity contribution in [2.45, 2.75) is 38.3 Å². The monoisotopic (exact) mass is 375 g/mol. The molecule has 0 radical (unpaired) electrons. The minimum atomic E-state index is 0.0421. The molecular weight excluding hydrogens is 350 g/mol. The second kappa shape index (κ2) is 7.85. The van der Waals surface area contributed by atoms with Crippen LogP contribution in [0.4, 0.5) is 0 Å². The fourth-order valence-electron chi connectivity index (χ4n) is 3.83. The molecule has 0 unspecified atom stereocenters. The van der Waals surface area contributed by atoms with E-state index in [0.29, 0.717) is 13.2 Å². The minimum Gasteiger partial charge on any atom is -0.381 e. The molecule has 2 aliphatic rings. The third-order valence-electron chi connectivity index (χ3n) is 5.22. The van der Waals surface area contributed by atoms with Crippen LogP contribution in [0.15, 0.2) is 17.5 Å². The number of aromatic nitrogens is 3. The Labute approximate surface area is 157 Å². The van der Waals surface area contributed by atoms with Gasteiger partial charge in [0.15, 0.2) is 5.82 Å². The molecule has 0 aliphatic carbocycles. The molecule has 0 aromatic carbocycles. The molecule has 2 N–H and O–H groups in total. The van der Waals surface area contributed by atoms with Gasteiger partial charge in [0.25, 0.3) is 0 Å². The fraction of sp³-hybridized carbons (Fsp3) is 0.611. The number of H-pyrrole nitrogens is 1. The second-order valence-corrected chi connectivity index (χ2v) is 8.19. The van der Waals surface area contributed by atoms with E-state index in [2.05, 4.69) is 42.9 Å². The van der Waals surface area contributed by atoms with Gasteiger partial charge >= 0.3 is 0 Å². The van der Waals surface area contributed by atoms with Crippen molar-refractivity contribution in [2.24, 2.45) is 5.92 Å². The number of hydrogen-bond acceptors (Lipinski definition) is 6. The highest BCUT2D eigenvalue weighted by Crippen LogP contribution is 2.28. The first-order valence-corrected chi connectivity index (χ1v) is 10.1. The summed E-state index contributed by atoms with van der Waals surface area (Å²) < 4.78 is 5.38. The van der Waals surface area contributed by atoms with E-state index >= 15 is 0 Å². The number of hydrogen-bond donors (Lipinski definition) is 2. The van der Waals surface area contributed by atoms with Gasteiger partial charge in [-0.3, -0.25) is 14.8 Å². The number of rotatable bonds is 5. The van der Waals surface area contributed by atoms with Crippen LogP contribution < -0.4 is 5.32 Å². The third kappa shape index (κ3) is 3.97. The minimum absolute atomic E-state index is 0.0421. The predicted octanol–water partition coefficient (Wildman–Crippen LogP) is 1.69. The summed E-state index contributed by atoms with van der Waals surface area (Å²) in [6, 6.07) is 4.28. The maximum atomic E-state index is 12.7. The normalized spacial score (nSPS) is 24.8. The molecule has 7 nitrogen and oxygen atoms in total. The highest BCUT2D eigenvalue weighted by atomic mass is 32.1. The number of ether oxygens (including phenoxy) is 1. The van der Waals surface area contributed by atoms with Crippen molar-refractivity contribution < 1.29 is 9.53 Å². The van der Waals surface area contributed by atoms with Crippen LogP contribution in [0.5, 0.6) is 0 Å². The van der Waals surface area contributed by atoms with Crippen LogP contribution in [0.25, 0.3) is 0 Å². The van der Waals surface area contributed by atoms with Crippen molar-refractivity contribution >= 4 is 17.2 Å². The van der Waals surface area contributed by atoms with Crippen LogP contribution in [0.3, 0.4) is 0 Å². The van der Waals surface area contributed by atoms with E-state index in [4.69, 9.17) is 4.74 Å². The van der Waals surface area contributed by atoms with Gasteiger partial charge < -0.3 is 10.1 Å². The lowest BCUT2D eigenvalue weighted by molar-refractivity contribution is -0.128. The summed E-state index contributed by atoms with van der Waals surface area (Å²) in [5.41, 5.74) is 0. The first-order valence-electron chi connectivity index (χ1n) is 9.21. The average Bonchev–Trinajstić information content (AvgIpc) is 3.38. The Balaban J connectivity index is 1.46. The van der Waals surface area contributed by atoms with Gasteiger partial charge in [0, 0.05) is 43.6 Å². The SMILES string of the molecule is Cc1nc([C@@H]2CN(Cc3cccs3)C[C@H]2NC(=O)C2CCOCC2)n[nH]1. The first-order chi connectivity index (χ1) is 12.7. The van der Waals surface area contributed by atoms with Crippen LogP contribution >= 0.6 is 11.3 Å². The van der Waals surface area contributed by atoms with E-state index < -0.39 is 0 Å². The average molecular weight is 375 g/mol. The molecule has 2 atom stereocenters. The molecule has 26 heavy (non-hydrogen) atoms. The van der Waals surface area contributed by atoms with Gasteiger partial charge in [-0.05, 0) is 31.2 Å². The smallest absolute Gasteiger partial charge is 0.223 e. The van der Waals surface area contributed by atoms with Gasteiger partial charge in [0.1, 0.15) is 5.82 Å². The maximum Gasteiger partial charge on any atom is 0.223 e. The molecule has 2 fully saturated rings. The van der Waals surface area contributed by atoms with Crippen molar-refractivity contribution in [1.29, 1.82) is 0 Å². The summed E-state index contributed by atoms with van der Waals surface area (Å²) in [6.07, 6.45) is 1.61. The van der Waals surface area contributed by atoms with Crippen LogP contribution in [0.1, 0.15) is 35.3 Å². The Hall–Kier alpha value is -1.77. The number of nitrogens with one attached hydrogen (secondary N) is 2. The zero-order chi connectivity index (χ0) is 17.9. The number of nitrogens with zero attached hydrogens (tertiary/aromatic N) is 3. The molecule has 2 aromatic heterocycles. The molecule has 4 heterocycles. The molecule has 4 rings (SSSR count). The molecule has 2 aliphatic heterocycles. The van der Waals surface area contributed by atoms with Gasteiger partial charge in [-0.25, -0.2) is 4.98 Å². The van der Waals surface area contributed by atoms with Crippen molar-refractivity contribution in [3.63, 3.8) is 0 Å². The Morgan fingerprint density at radius 1 is 1.42 bits per heavy atom.